The minimum absolute atomic E-state index is 0.589. The third-order valence-electron chi connectivity index (χ3n) is 1.79. The summed E-state index contributed by atoms with van der Waals surface area (Å²) in [5.41, 5.74) is 0.589. The van der Waals surface area contributed by atoms with E-state index < -0.39 is 0 Å². The molecule has 0 atom stereocenters. The Labute approximate surface area is 91.6 Å². The van der Waals surface area contributed by atoms with Crippen molar-refractivity contribution in [3.8, 4) is 6.07 Å². The topological polar surface area (TPSA) is 54.5 Å². The van der Waals surface area contributed by atoms with Crippen molar-refractivity contribution in [1.82, 2.24) is 14.8 Å². The Hall–Kier alpha value is -1.80. The molecule has 0 amide bonds. The van der Waals surface area contributed by atoms with Gasteiger partial charge in [0.25, 0.3) is 0 Å². The molecule has 2 aromatic heterocycles. The predicted octanol–water partition coefficient (Wildman–Crippen LogP) is 1.84. The van der Waals surface area contributed by atoms with Crippen LogP contribution in [0.1, 0.15) is 5.56 Å². The van der Waals surface area contributed by atoms with Crippen LogP contribution in [0.4, 0.5) is 0 Å². The smallest absolute Gasteiger partial charge is 0.119 e. The predicted molar refractivity (Wildman–Crippen MR) is 56.3 cm³/mol. The fourth-order valence-electron chi connectivity index (χ4n) is 1.12. The summed E-state index contributed by atoms with van der Waals surface area (Å²) in [7, 11) is 1.85. The van der Waals surface area contributed by atoms with Crippen LogP contribution in [0.15, 0.2) is 40.6 Å². The molecule has 0 aliphatic carbocycles. The summed E-state index contributed by atoms with van der Waals surface area (Å²) >= 11 is 1.44. The van der Waals surface area contributed by atoms with E-state index in [0.717, 1.165) is 4.90 Å². The third kappa shape index (κ3) is 2.17. The van der Waals surface area contributed by atoms with Gasteiger partial charge in [-0.05, 0) is 12.1 Å². The van der Waals surface area contributed by atoms with Gasteiger partial charge in [0.2, 0.25) is 0 Å². The molecule has 0 spiro atoms. The number of nitrogens with zero attached hydrogens (tertiary/aromatic N) is 4. The number of pyridine rings is 1. The number of nitriles is 1. The monoisotopic (exact) mass is 216 g/mol. The van der Waals surface area contributed by atoms with E-state index in [9.17, 15) is 0 Å². The van der Waals surface area contributed by atoms with Crippen LogP contribution >= 0.6 is 11.8 Å². The molecule has 15 heavy (non-hydrogen) atoms. The second-order valence-corrected chi connectivity index (χ2v) is 3.98. The summed E-state index contributed by atoms with van der Waals surface area (Å²) in [6.45, 7) is 0. The summed E-state index contributed by atoms with van der Waals surface area (Å²) < 4.78 is 1.72. The van der Waals surface area contributed by atoms with E-state index in [-0.39, 0.29) is 0 Å². The second kappa shape index (κ2) is 4.15. The molecule has 0 radical (unpaired) electrons. The Kier molecular flexibility index (Phi) is 2.70. The van der Waals surface area contributed by atoms with Gasteiger partial charge in [0, 0.05) is 19.4 Å². The molecule has 0 N–H and O–H groups in total. The maximum absolute atomic E-state index is 8.88. The largest absolute Gasteiger partial charge is 0.275 e. The number of rotatable bonds is 2. The molecule has 0 saturated carbocycles. The van der Waals surface area contributed by atoms with Crippen molar-refractivity contribution >= 4 is 11.8 Å². The van der Waals surface area contributed by atoms with Gasteiger partial charge >= 0.3 is 0 Å². The van der Waals surface area contributed by atoms with Crippen molar-refractivity contribution in [2.24, 2.45) is 7.05 Å². The van der Waals surface area contributed by atoms with Crippen molar-refractivity contribution < 1.29 is 0 Å². The highest BCUT2D eigenvalue weighted by molar-refractivity contribution is 7.99. The molecule has 0 saturated heterocycles. The zero-order valence-electron chi connectivity index (χ0n) is 8.08. The quantitative estimate of drug-likeness (QED) is 0.768. The minimum Gasteiger partial charge on any atom is -0.275 e. The molecule has 0 aliphatic heterocycles. The summed E-state index contributed by atoms with van der Waals surface area (Å²) in [4.78, 5) is 5.14. The molecular formula is C10H8N4S. The molecule has 0 fully saturated rings. The lowest BCUT2D eigenvalue weighted by Gasteiger charge is -1.98. The Morgan fingerprint density at radius 2 is 2.40 bits per heavy atom. The SMILES string of the molecule is Cn1cc(Sc2ncccc2C#N)cn1. The molecular weight excluding hydrogens is 208 g/mol. The first-order valence-electron chi connectivity index (χ1n) is 4.31. The first-order valence-corrected chi connectivity index (χ1v) is 5.13. The molecule has 2 rings (SSSR count). The van der Waals surface area contributed by atoms with Gasteiger partial charge in [0.1, 0.15) is 11.1 Å². The maximum Gasteiger partial charge on any atom is 0.119 e. The van der Waals surface area contributed by atoms with Crippen molar-refractivity contribution in [1.29, 1.82) is 5.26 Å². The van der Waals surface area contributed by atoms with E-state index >= 15 is 0 Å². The summed E-state index contributed by atoms with van der Waals surface area (Å²) in [6.07, 6.45) is 5.32. The van der Waals surface area contributed by atoms with Gasteiger partial charge in [0.15, 0.2) is 0 Å². The Morgan fingerprint density at radius 3 is 3.07 bits per heavy atom. The molecule has 2 aromatic rings. The Morgan fingerprint density at radius 1 is 1.53 bits per heavy atom. The van der Waals surface area contributed by atoms with Gasteiger partial charge in [-0.3, -0.25) is 4.68 Å². The van der Waals surface area contributed by atoms with E-state index in [1.165, 1.54) is 11.8 Å². The van der Waals surface area contributed by atoms with Gasteiger partial charge in [-0.1, -0.05) is 11.8 Å². The summed E-state index contributed by atoms with van der Waals surface area (Å²) in [5.74, 6) is 0. The molecule has 4 nitrogen and oxygen atoms in total. The molecule has 0 aliphatic rings. The number of aryl methyl sites for hydroxylation is 1. The maximum atomic E-state index is 8.88. The molecule has 74 valence electrons. The highest BCUT2D eigenvalue weighted by atomic mass is 32.2. The van der Waals surface area contributed by atoms with E-state index in [0.29, 0.717) is 10.6 Å². The van der Waals surface area contributed by atoms with Gasteiger partial charge in [-0.2, -0.15) is 10.4 Å². The standard InChI is InChI=1S/C10H8N4S/c1-14-7-9(6-13-14)15-10-8(5-11)3-2-4-12-10/h2-4,6-7H,1H3. The third-order valence-corrected chi connectivity index (χ3v) is 2.75. The van der Waals surface area contributed by atoms with Gasteiger partial charge in [-0.15, -0.1) is 0 Å². The van der Waals surface area contributed by atoms with Crippen LogP contribution in [-0.4, -0.2) is 14.8 Å². The van der Waals surface area contributed by atoms with Gasteiger partial charge in [-0.25, -0.2) is 4.98 Å². The van der Waals surface area contributed by atoms with E-state index in [4.69, 9.17) is 5.26 Å². The zero-order chi connectivity index (χ0) is 10.7. The molecule has 2 heterocycles. The molecule has 0 unspecified atom stereocenters. The van der Waals surface area contributed by atoms with Crippen LogP contribution < -0.4 is 0 Å². The lowest BCUT2D eigenvalue weighted by atomic mass is 10.3. The van der Waals surface area contributed by atoms with Gasteiger partial charge < -0.3 is 0 Å². The lowest BCUT2D eigenvalue weighted by molar-refractivity contribution is 0.766. The van der Waals surface area contributed by atoms with Crippen LogP contribution in [0.5, 0.6) is 0 Å². The minimum atomic E-state index is 0.589. The number of aromatic nitrogens is 3. The van der Waals surface area contributed by atoms with Crippen molar-refractivity contribution in [2.75, 3.05) is 0 Å². The molecule has 0 bridgehead atoms. The highest BCUT2D eigenvalue weighted by Crippen LogP contribution is 2.27. The van der Waals surface area contributed by atoms with Crippen LogP contribution in [0.25, 0.3) is 0 Å². The normalized spacial score (nSPS) is 9.87. The van der Waals surface area contributed by atoms with E-state index in [2.05, 4.69) is 16.2 Å². The molecule has 0 aromatic carbocycles. The van der Waals surface area contributed by atoms with Crippen LogP contribution in [0, 0.1) is 11.3 Å². The Balaban J connectivity index is 2.28. The van der Waals surface area contributed by atoms with Crippen LogP contribution in [-0.2, 0) is 7.05 Å². The van der Waals surface area contributed by atoms with Crippen LogP contribution in [0.3, 0.4) is 0 Å². The Bertz CT molecular complexity index is 512. The fraction of sp³-hybridized carbons (Fsp3) is 0.100. The van der Waals surface area contributed by atoms with Crippen molar-refractivity contribution in [3.63, 3.8) is 0 Å². The summed E-state index contributed by atoms with van der Waals surface area (Å²) in [5, 5.41) is 13.6. The highest BCUT2D eigenvalue weighted by Gasteiger charge is 2.05. The number of hydrogen-bond donors (Lipinski definition) is 0. The first kappa shape index (κ1) is 9.74. The van der Waals surface area contributed by atoms with Crippen molar-refractivity contribution in [2.45, 2.75) is 9.92 Å². The average Bonchev–Trinajstić information content (AvgIpc) is 2.65. The molecule has 5 heteroatoms. The zero-order valence-corrected chi connectivity index (χ0v) is 8.90. The van der Waals surface area contributed by atoms with E-state index in [1.54, 1.807) is 29.2 Å². The summed E-state index contributed by atoms with van der Waals surface area (Å²) in [6, 6.07) is 5.62. The van der Waals surface area contributed by atoms with Crippen molar-refractivity contribution in [3.05, 3.63) is 36.3 Å². The lowest BCUT2D eigenvalue weighted by Crippen LogP contribution is -1.85. The van der Waals surface area contributed by atoms with Crippen LogP contribution in [0.2, 0.25) is 0 Å². The van der Waals surface area contributed by atoms with E-state index in [1.807, 2.05) is 13.2 Å². The first-order chi connectivity index (χ1) is 7.29. The fourth-order valence-corrected chi connectivity index (χ4v) is 1.99. The van der Waals surface area contributed by atoms with Gasteiger partial charge in [0.05, 0.1) is 16.7 Å². The average molecular weight is 216 g/mol. The number of hydrogen-bond acceptors (Lipinski definition) is 4. The second-order valence-electron chi connectivity index (χ2n) is 2.92.